The summed E-state index contributed by atoms with van der Waals surface area (Å²) in [5.74, 6) is -0.535. The van der Waals surface area contributed by atoms with E-state index in [2.05, 4.69) is 0 Å². The van der Waals surface area contributed by atoms with Crippen LogP contribution in [0.1, 0.15) is 27.9 Å². The molecule has 0 atom stereocenters. The van der Waals surface area contributed by atoms with Crippen LogP contribution in [0.25, 0.3) is 5.57 Å². The molecule has 0 amide bonds. The molecule has 2 aromatic rings. The first-order valence-corrected chi connectivity index (χ1v) is 8.01. The van der Waals surface area contributed by atoms with Gasteiger partial charge in [-0.25, -0.2) is 4.79 Å². The van der Waals surface area contributed by atoms with Crippen LogP contribution in [0.5, 0.6) is 17.2 Å². The molecule has 0 aromatic heterocycles. The van der Waals surface area contributed by atoms with Gasteiger partial charge in [0.1, 0.15) is 5.75 Å². The Morgan fingerprint density at radius 2 is 1.62 bits per heavy atom. The summed E-state index contributed by atoms with van der Waals surface area (Å²) in [6, 6.07) is 9.12. The molecule has 0 spiro atoms. The highest BCUT2D eigenvalue weighted by molar-refractivity contribution is 6.27. The number of aliphatic carboxylic acids is 1. The van der Waals surface area contributed by atoms with E-state index in [1.165, 1.54) is 38.5 Å². The predicted molar refractivity (Wildman–Crippen MR) is 94.9 cm³/mol. The molecule has 6 heteroatoms. The standard InChI is InChI=1S/C20H18O6/c1-25-16-9-12-5-8-14(19(22)15(12)10-17(16)26-2)18(20(23)24)11-3-6-13(21)7-4-11/h3-4,6-7,9-10,21H,5,8H2,1-2H3,(H,23,24)/b18-14+. The number of ketones is 1. The zero-order valence-corrected chi connectivity index (χ0v) is 14.4. The minimum atomic E-state index is -1.18. The van der Waals surface area contributed by atoms with Crippen molar-refractivity contribution in [1.82, 2.24) is 0 Å². The molecule has 0 radical (unpaired) electrons. The van der Waals surface area contributed by atoms with Crippen LogP contribution in [0.15, 0.2) is 42.0 Å². The number of rotatable bonds is 4. The molecule has 3 rings (SSSR count). The van der Waals surface area contributed by atoms with Crippen LogP contribution in [0.3, 0.4) is 0 Å². The van der Waals surface area contributed by atoms with Crippen molar-refractivity contribution in [2.24, 2.45) is 0 Å². The number of carbonyl (C=O) groups excluding carboxylic acids is 1. The summed E-state index contributed by atoms with van der Waals surface area (Å²) in [6.07, 6.45) is 0.829. The highest BCUT2D eigenvalue weighted by Crippen LogP contribution is 2.37. The Bertz CT molecular complexity index is 909. The number of aryl methyl sites for hydroxylation is 1. The van der Waals surface area contributed by atoms with Gasteiger partial charge in [-0.1, -0.05) is 12.1 Å². The first-order chi connectivity index (χ1) is 12.5. The highest BCUT2D eigenvalue weighted by Gasteiger charge is 2.29. The summed E-state index contributed by atoms with van der Waals surface area (Å²) < 4.78 is 10.5. The summed E-state index contributed by atoms with van der Waals surface area (Å²) in [5, 5.41) is 19.1. The lowest BCUT2D eigenvalue weighted by molar-refractivity contribution is -0.130. The lowest BCUT2D eigenvalue weighted by Gasteiger charge is -2.21. The smallest absolute Gasteiger partial charge is 0.336 e. The third kappa shape index (κ3) is 3.01. The number of methoxy groups -OCH3 is 2. The third-order valence-corrected chi connectivity index (χ3v) is 4.44. The molecule has 0 bridgehead atoms. The number of hydrogen-bond donors (Lipinski definition) is 2. The first-order valence-electron chi connectivity index (χ1n) is 8.01. The molecular weight excluding hydrogens is 336 g/mol. The monoisotopic (exact) mass is 354 g/mol. The number of carbonyl (C=O) groups is 2. The average molecular weight is 354 g/mol. The number of carboxylic acids is 1. The summed E-state index contributed by atoms with van der Waals surface area (Å²) in [6.45, 7) is 0. The van der Waals surface area contributed by atoms with Crippen molar-refractivity contribution in [3.05, 3.63) is 58.7 Å². The summed E-state index contributed by atoms with van der Waals surface area (Å²) in [5.41, 5.74) is 1.79. The van der Waals surface area contributed by atoms with Crippen LogP contribution in [0.2, 0.25) is 0 Å². The Hall–Kier alpha value is -3.28. The van der Waals surface area contributed by atoms with Gasteiger partial charge in [0.15, 0.2) is 17.3 Å². The van der Waals surface area contributed by atoms with E-state index in [1.807, 2.05) is 0 Å². The lowest BCUT2D eigenvalue weighted by Crippen LogP contribution is -2.18. The minimum Gasteiger partial charge on any atom is -0.508 e. The van der Waals surface area contributed by atoms with Crippen LogP contribution in [0, 0.1) is 0 Å². The van der Waals surface area contributed by atoms with E-state index in [1.54, 1.807) is 12.1 Å². The van der Waals surface area contributed by atoms with Crippen LogP contribution < -0.4 is 9.47 Å². The van der Waals surface area contributed by atoms with Gasteiger partial charge in [0.25, 0.3) is 0 Å². The quantitative estimate of drug-likeness (QED) is 0.820. The van der Waals surface area contributed by atoms with Gasteiger partial charge in [-0.2, -0.15) is 0 Å². The number of hydrogen-bond acceptors (Lipinski definition) is 5. The van der Waals surface area contributed by atoms with Gasteiger partial charge >= 0.3 is 5.97 Å². The minimum absolute atomic E-state index is 0.0284. The van der Waals surface area contributed by atoms with Crippen LogP contribution in [0.4, 0.5) is 0 Å². The van der Waals surface area contributed by atoms with Crippen molar-refractivity contribution in [2.75, 3.05) is 14.2 Å². The Morgan fingerprint density at radius 3 is 2.19 bits per heavy atom. The topological polar surface area (TPSA) is 93.1 Å². The molecule has 0 aliphatic heterocycles. The van der Waals surface area contributed by atoms with E-state index in [4.69, 9.17) is 9.47 Å². The van der Waals surface area contributed by atoms with Gasteiger partial charge in [0, 0.05) is 11.1 Å². The van der Waals surface area contributed by atoms with E-state index in [-0.39, 0.29) is 22.7 Å². The summed E-state index contributed by atoms with van der Waals surface area (Å²) in [4.78, 5) is 24.9. The fraction of sp³-hybridized carbons (Fsp3) is 0.200. The number of phenols is 1. The fourth-order valence-corrected chi connectivity index (χ4v) is 3.17. The molecule has 1 aliphatic carbocycles. The van der Waals surface area contributed by atoms with Gasteiger partial charge in [-0.3, -0.25) is 4.79 Å². The molecule has 2 aromatic carbocycles. The van der Waals surface area contributed by atoms with Crippen molar-refractivity contribution in [2.45, 2.75) is 12.8 Å². The van der Waals surface area contributed by atoms with Crippen molar-refractivity contribution in [3.8, 4) is 17.2 Å². The second-order valence-electron chi connectivity index (χ2n) is 5.90. The molecule has 26 heavy (non-hydrogen) atoms. The molecule has 2 N–H and O–H groups in total. The van der Waals surface area contributed by atoms with E-state index >= 15 is 0 Å². The number of phenolic OH excluding ortho intramolecular Hbond substituents is 1. The zero-order chi connectivity index (χ0) is 18.8. The van der Waals surface area contributed by atoms with Crippen molar-refractivity contribution in [3.63, 3.8) is 0 Å². The lowest BCUT2D eigenvalue weighted by atomic mass is 9.82. The summed E-state index contributed by atoms with van der Waals surface area (Å²) >= 11 is 0. The van der Waals surface area contributed by atoms with Crippen molar-refractivity contribution >= 4 is 17.3 Å². The second kappa shape index (κ2) is 6.92. The normalized spacial score (nSPS) is 15.2. The van der Waals surface area contributed by atoms with Gasteiger partial charge < -0.3 is 19.7 Å². The number of aromatic hydroxyl groups is 1. The van der Waals surface area contributed by atoms with E-state index in [0.29, 0.717) is 35.5 Å². The molecule has 1 aliphatic rings. The Balaban J connectivity index is 2.15. The number of benzene rings is 2. The largest absolute Gasteiger partial charge is 0.508 e. The van der Waals surface area contributed by atoms with Crippen molar-refractivity contribution < 1.29 is 29.3 Å². The first kappa shape index (κ1) is 17.5. The predicted octanol–water partition coefficient (Wildman–Crippen LogP) is 3.08. The van der Waals surface area contributed by atoms with Gasteiger partial charge in [-0.15, -0.1) is 0 Å². The Labute approximate surface area is 150 Å². The SMILES string of the molecule is COc1cc2c(cc1OC)C(=O)/C(=C(/C(=O)O)c1ccc(O)cc1)CC2. The molecular formula is C20H18O6. The fourth-order valence-electron chi connectivity index (χ4n) is 3.17. The molecule has 0 saturated carbocycles. The maximum absolute atomic E-state index is 13.0. The summed E-state index contributed by atoms with van der Waals surface area (Å²) in [7, 11) is 3.00. The van der Waals surface area contributed by atoms with Crippen LogP contribution in [-0.2, 0) is 11.2 Å². The van der Waals surface area contributed by atoms with Gasteiger partial charge in [-0.05, 0) is 48.2 Å². The molecule has 0 heterocycles. The van der Waals surface area contributed by atoms with E-state index < -0.39 is 5.97 Å². The maximum atomic E-state index is 13.0. The zero-order valence-electron chi connectivity index (χ0n) is 14.4. The average Bonchev–Trinajstić information content (AvgIpc) is 2.64. The van der Waals surface area contributed by atoms with E-state index in [9.17, 15) is 19.8 Å². The van der Waals surface area contributed by atoms with Gasteiger partial charge in [0.2, 0.25) is 0 Å². The molecule has 134 valence electrons. The molecule has 0 unspecified atom stereocenters. The Kier molecular flexibility index (Phi) is 4.67. The number of allylic oxidation sites excluding steroid dienone is 1. The highest BCUT2D eigenvalue weighted by atomic mass is 16.5. The Morgan fingerprint density at radius 1 is 1.00 bits per heavy atom. The second-order valence-corrected chi connectivity index (χ2v) is 5.90. The van der Waals surface area contributed by atoms with Crippen LogP contribution in [-0.4, -0.2) is 36.2 Å². The number of carboxylic acid groups (broad SMARTS) is 1. The molecule has 0 saturated heterocycles. The number of fused-ring (bicyclic) bond motifs is 1. The van der Waals surface area contributed by atoms with Crippen molar-refractivity contribution in [1.29, 1.82) is 0 Å². The molecule has 6 nitrogen and oxygen atoms in total. The molecule has 0 fully saturated rings. The third-order valence-electron chi connectivity index (χ3n) is 4.44. The number of Topliss-reactive ketones (excluding diaryl/α,β-unsaturated/α-hetero) is 1. The van der Waals surface area contributed by atoms with E-state index in [0.717, 1.165) is 5.56 Å². The maximum Gasteiger partial charge on any atom is 0.336 e. The number of ether oxygens (including phenoxy) is 2. The van der Waals surface area contributed by atoms with Crippen LogP contribution >= 0.6 is 0 Å². The van der Waals surface area contributed by atoms with Gasteiger partial charge in [0.05, 0.1) is 19.8 Å².